The monoisotopic (exact) mass is 330 g/mol. The Labute approximate surface area is 139 Å². The number of imidazole rings is 1. The van der Waals surface area contributed by atoms with Crippen LogP contribution in [-0.4, -0.2) is 44.6 Å². The number of carbonyl (C=O) groups excluding carboxylic acids is 1. The summed E-state index contributed by atoms with van der Waals surface area (Å²) < 4.78 is 1.73. The highest BCUT2D eigenvalue weighted by Crippen LogP contribution is 2.16. The predicted octanol–water partition coefficient (Wildman–Crippen LogP) is 0.368. The first-order valence-corrected chi connectivity index (χ1v) is 8.10. The summed E-state index contributed by atoms with van der Waals surface area (Å²) in [5.74, 6) is 0.540. The number of amides is 1. The zero-order valence-electron chi connectivity index (χ0n) is 14.0. The molecule has 8 nitrogen and oxygen atoms in total. The summed E-state index contributed by atoms with van der Waals surface area (Å²) in [5.41, 5.74) is 1.27. The largest absolute Gasteiger partial charge is 0.350 e. The Bertz CT molecular complexity index is 767. The highest BCUT2D eigenvalue weighted by molar-refractivity contribution is 5.76. The van der Waals surface area contributed by atoms with E-state index in [0.29, 0.717) is 18.1 Å². The minimum atomic E-state index is -0.108. The van der Waals surface area contributed by atoms with Gasteiger partial charge in [0.05, 0.1) is 6.33 Å². The lowest BCUT2D eigenvalue weighted by molar-refractivity contribution is -0.122. The topological polar surface area (TPSA) is 95.9 Å². The molecule has 24 heavy (non-hydrogen) atoms. The van der Waals surface area contributed by atoms with E-state index in [-0.39, 0.29) is 24.1 Å². The third-order valence-corrected chi connectivity index (χ3v) is 4.35. The van der Waals surface area contributed by atoms with Crippen LogP contribution < -0.4 is 15.8 Å². The Morgan fingerprint density at radius 3 is 3.00 bits per heavy atom. The Hall–Kier alpha value is -2.64. The molecule has 0 unspecified atom stereocenters. The third-order valence-electron chi connectivity index (χ3n) is 4.35. The van der Waals surface area contributed by atoms with Gasteiger partial charge in [-0.05, 0) is 26.7 Å². The summed E-state index contributed by atoms with van der Waals surface area (Å²) in [6.07, 6.45) is 6.89. The van der Waals surface area contributed by atoms with E-state index >= 15 is 0 Å². The van der Waals surface area contributed by atoms with Crippen molar-refractivity contribution in [3.8, 4) is 0 Å². The van der Waals surface area contributed by atoms with E-state index in [1.807, 2.05) is 11.8 Å². The van der Waals surface area contributed by atoms with Crippen LogP contribution in [0.5, 0.6) is 0 Å². The molecular weight excluding hydrogens is 308 g/mol. The van der Waals surface area contributed by atoms with Crippen LogP contribution in [0.2, 0.25) is 0 Å². The van der Waals surface area contributed by atoms with E-state index in [2.05, 4.69) is 20.3 Å². The first kappa shape index (κ1) is 16.2. The van der Waals surface area contributed by atoms with Crippen molar-refractivity contribution in [1.82, 2.24) is 24.8 Å². The average molecular weight is 330 g/mol. The normalized spacial score (nSPS) is 17.8. The van der Waals surface area contributed by atoms with Gasteiger partial charge in [0.15, 0.2) is 0 Å². The molecule has 1 saturated heterocycles. The number of hydrogen-bond acceptors (Lipinski definition) is 5. The number of piperidine rings is 1. The summed E-state index contributed by atoms with van der Waals surface area (Å²) in [6, 6.07) is 0.0432. The zero-order chi connectivity index (χ0) is 17.1. The number of nitrogens with zero attached hydrogens (tertiary/aromatic N) is 4. The molecule has 2 aromatic rings. The predicted molar refractivity (Wildman–Crippen MR) is 89.9 cm³/mol. The summed E-state index contributed by atoms with van der Waals surface area (Å²) in [5, 5.41) is 3.05. The lowest BCUT2D eigenvalue weighted by Gasteiger charge is -2.33. The second kappa shape index (κ2) is 6.86. The number of hydrogen-bond donors (Lipinski definition) is 2. The molecule has 0 radical (unpaired) electrons. The number of nitrogens with one attached hydrogen (secondary N) is 2. The van der Waals surface area contributed by atoms with Crippen molar-refractivity contribution in [3.63, 3.8) is 0 Å². The van der Waals surface area contributed by atoms with E-state index in [9.17, 15) is 9.59 Å². The molecule has 8 heteroatoms. The zero-order valence-corrected chi connectivity index (χ0v) is 14.0. The van der Waals surface area contributed by atoms with Gasteiger partial charge in [0.25, 0.3) is 5.56 Å². The minimum absolute atomic E-state index is 0.0404. The fourth-order valence-corrected chi connectivity index (χ4v) is 2.89. The smallest absolute Gasteiger partial charge is 0.255 e. The van der Waals surface area contributed by atoms with Gasteiger partial charge in [0.2, 0.25) is 11.9 Å². The molecule has 3 rings (SSSR count). The number of anilines is 1. The van der Waals surface area contributed by atoms with Crippen LogP contribution in [-0.2, 0) is 11.3 Å². The van der Waals surface area contributed by atoms with Crippen LogP contribution in [0.3, 0.4) is 0 Å². The molecule has 1 aliphatic heterocycles. The molecule has 3 heterocycles. The number of H-pyrrole nitrogens is 1. The van der Waals surface area contributed by atoms with Crippen molar-refractivity contribution >= 4 is 11.9 Å². The van der Waals surface area contributed by atoms with Crippen LogP contribution in [0.4, 0.5) is 5.95 Å². The second-order valence-corrected chi connectivity index (χ2v) is 6.19. The molecule has 1 amide bonds. The van der Waals surface area contributed by atoms with Crippen LogP contribution in [0.1, 0.15) is 24.1 Å². The van der Waals surface area contributed by atoms with E-state index in [1.165, 1.54) is 0 Å². The summed E-state index contributed by atoms with van der Waals surface area (Å²) in [7, 11) is 0. The fraction of sp³-hybridized carbons (Fsp3) is 0.500. The number of aryl methyl sites for hydroxylation is 1. The highest BCUT2D eigenvalue weighted by atomic mass is 16.2. The molecule has 1 aliphatic rings. The van der Waals surface area contributed by atoms with Gasteiger partial charge >= 0.3 is 0 Å². The molecule has 1 fully saturated rings. The third kappa shape index (κ3) is 3.64. The summed E-state index contributed by atoms with van der Waals surface area (Å²) in [6.45, 7) is 5.32. The Kier molecular flexibility index (Phi) is 4.64. The van der Waals surface area contributed by atoms with E-state index in [4.69, 9.17) is 0 Å². The number of rotatable bonds is 4. The number of aromatic amines is 1. The highest BCUT2D eigenvalue weighted by Gasteiger charge is 2.23. The van der Waals surface area contributed by atoms with E-state index in [1.54, 1.807) is 30.2 Å². The molecule has 0 saturated carbocycles. The van der Waals surface area contributed by atoms with Gasteiger partial charge < -0.3 is 14.8 Å². The van der Waals surface area contributed by atoms with Crippen LogP contribution >= 0.6 is 0 Å². The van der Waals surface area contributed by atoms with Crippen LogP contribution in [0, 0.1) is 13.8 Å². The quantitative estimate of drug-likeness (QED) is 0.844. The number of aromatic nitrogens is 4. The standard InChI is InChI=1S/C16H22N6O2/c1-11-12(2)18-16(20-15(11)24)22-6-3-4-13(8-22)19-14(23)9-21-7-5-17-10-21/h5,7,10,13H,3-4,6,8-9H2,1-2H3,(H,19,23)(H,18,20,24)/t13-/m0/s1. The molecule has 0 spiro atoms. The van der Waals surface area contributed by atoms with Gasteiger partial charge in [-0.3, -0.25) is 14.6 Å². The van der Waals surface area contributed by atoms with E-state index in [0.717, 1.165) is 25.1 Å². The van der Waals surface area contributed by atoms with Gasteiger partial charge in [-0.1, -0.05) is 0 Å². The van der Waals surface area contributed by atoms with Crippen LogP contribution in [0.25, 0.3) is 0 Å². The lowest BCUT2D eigenvalue weighted by atomic mass is 10.1. The maximum Gasteiger partial charge on any atom is 0.255 e. The van der Waals surface area contributed by atoms with E-state index < -0.39 is 0 Å². The molecule has 0 aromatic carbocycles. The molecule has 0 bridgehead atoms. The van der Waals surface area contributed by atoms with Crippen molar-refractivity contribution in [2.75, 3.05) is 18.0 Å². The van der Waals surface area contributed by atoms with Crippen molar-refractivity contribution in [2.24, 2.45) is 0 Å². The average Bonchev–Trinajstić information content (AvgIpc) is 3.05. The Morgan fingerprint density at radius 2 is 2.29 bits per heavy atom. The first-order chi connectivity index (χ1) is 11.5. The molecule has 2 aromatic heterocycles. The van der Waals surface area contributed by atoms with Gasteiger partial charge in [-0.25, -0.2) is 9.97 Å². The van der Waals surface area contributed by atoms with Gasteiger partial charge in [0.1, 0.15) is 6.54 Å². The lowest BCUT2D eigenvalue weighted by Crippen LogP contribution is -2.49. The molecular formula is C16H22N6O2. The summed E-state index contributed by atoms with van der Waals surface area (Å²) in [4.78, 5) is 37.3. The fourth-order valence-electron chi connectivity index (χ4n) is 2.89. The van der Waals surface area contributed by atoms with Crippen molar-refractivity contribution in [3.05, 3.63) is 40.3 Å². The summed E-state index contributed by atoms with van der Waals surface area (Å²) >= 11 is 0. The van der Waals surface area contributed by atoms with Crippen molar-refractivity contribution in [2.45, 2.75) is 39.3 Å². The first-order valence-electron chi connectivity index (χ1n) is 8.10. The molecule has 2 N–H and O–H groups in total. The SMILES string of the molecule is Cc1nc(N2CCC[C@H](NC(=O)Cn3ccnc3)C2)[nH]c(=O)c1C. The molecule has 0 aliphatic carbocycles. The van der Waals surface area contributed by atoms with Crippen LogP contribution in [0.15, 0.2) is 23.5 Å². The van der Waals surface area contributed by atoms with Gasteiger partial charge in [-0.15, -0.1) is 0 Å². The maximum atomic E-state index is 12.1. The Morgan fingerprint density at radius 1 is 1.46 bits per heavy atom. The van der Waals surface area contributed by atoms with Gasteiger partial charge in [-0.2, -0.15) is 0 Å². The maximum absolute atomic E-state index is 12.1. The van der Waals surface area contributed by atoms with Gasteiger partial charge in [0, 0.05) is 42.8 Å². The van der Waals surface area contributed by atoms with Crippen molar-refractivity contribution in [1.29, 1.82) is 0 Å². The molecule has 1 atom stereocenters. The van der Waals surface area contributed by atoms with Crippen molar-refractivity contribution < 1.29 is 4.79 Å². The number of carbonyl (C=O) groups is 1. The Balaban J connectivity index is 1.64. The molecule has 128 valence electrons. The second-order valence-electron chi connectivity index (χ2n) is 6.19. The minimum Gasteiger partial charge on any atom is -0.350 e.